The first kappa shape index (κ1) is 18.8. The molecule has 0 amide bonds. The fourth-order valence-corrected chi connectivity index (χ4v) is 3.05. The van der Waals surface area contributed by atoms with Crippen LogP contribution in [0.2, 0.25) is 0 Å². The van der Waals surface area contributed by atoms with Crippen molar-refractivity contribution in [2.24, 2.45) is 0 Å². The molecule has 0 radical (unpaired) electrons. The molecule has 0 unspecified atom stereocenters. The van der Waals surface area contributed by atoms with E-state index in [2.05, 4.69) is 0 Å². The Labute approximate surface area is 158 Å². The second-order valence-corrected chi connectivity index (χ2v) is 5.79. The molecule has 0 saturated heterocycles. The van der Waals surface area contributed by atoms with Crippen LogP contribution in [0.25, 0.3) is 21.9 Å². The fraction of sp³-hybridized carbons (Fsp3) is 0.105. The lowest BCUT2D eigenvalue weighted by atomic mass is 9.93. The van der Waals surface area contributed by atoms with Gasteiger partial charge < -0.3 is 9.47 Å². The Hall–Kier alpha value is -4.01. The van der Waals surface area contributed by atoms with Gasteiger partial charge >= 0.3 is 0 Å². The summed E-state index contributed by atoms with van der Waals surface area (Å²) in [6.45, 7) is 0. The molecule has 0 aliphatic heterocycles. The molecule has 0 aliphatic rings. The molecule has 3 aromatic rings. The zero-order valence-corrected chi connectivity index (χ0v) is 14.9. The number of benzene rings is 3. The third-order valence-corrected chi connectivity index (χ3v) is 4.36. The molecule has 0 heterocycles. The number of hydrogen-bond donors (Lipinski definition) is 0. The minimum atomic E-state index is -0.713. The van der Waals surface area contributed by atoms with Crippen molar-refractivity contribution in [3.8, 4) is 22.6 Å². The number of methoxy groups -OCH3 is 2. The number of nitro benzene ring substituents is 2. The molecule has 142 valence electrons. The highest BCUT2D eigenvalue weighted by molar-refractivity contribution is 6.06. The van der Waals surface area contributed by atoms with Crippen LogP contribution < -0.4 is 9.47 Å². The third kappa shape index (κ3) is 3.09. The highest BCUT2D eigenvalue weighted by Gasteiger charge is 2.23. The van der Waals surface area contributed by atoms with Crippen LogP contribution in [0.3, 0.4) is 0 Å². The average molecular weight is 382 g/mol. The van der Waals surface area contributed by atoms with E-state index in [1.54, 1.807) is 24.3 Å². The monoisotopic (exact) mass is 382 g/mol. The highest BCUT2D eigenvalue weighted by Crippen LogP contribution is 2.40. The Bertz CT molecular complexity index is 1120. The fourth-order valence-electron chi connectivity index (χ4n) is 3.05. The van der Waals surface area contributed by atoms with Crippen molar-refractivity contribution in [2.75, 3.05) is 14.2 Å². The number of hydrogen-bond acceptors (Lipinski definition) is 7. The molecule has 3 aromatic carbocycles. The number of aldehydes is 1. The number of carbonyl (C=O) groups is 1. The van der Waals surface area contributed by atoms with Crippen LogP contribution >= 0.6 is 0 Å². The summed E-state index contributed by atoms with van der Waals surface area (Å²) in [5, 5.41) is 23.6. The number of non-ortho nitro benzene ring substituents is 1. The van der Waals surface area contributed by atoms with Gasteiger partial charge in [-0.25, -0.2) is 0 Å². The molecular weight excluding hydrogens is 368 g/mol. The maximum absolute atomic E-state index is 11.9. The normalized spacial score (nSPS) is 10.5. The summed E-state index contributed by atoms with van der Waals surface area (Å²) in [5.41, 5.74) is -0.270. The van der Waals surface area contributed by atoms with Crippen LogP contribution in [-0.4, -0.2) is 30.4 Å². The Morgan fingerprint density at radius 2 is 1.50 bits per heavy atom. The summed E-state index contributed by atoms with van der Waals surface area (Å²) in [6.07, 6.45) is 0.592. The maximum atomic E-state index is 11.9. The van der Waals surface area contributed by atoms with E-state index in [0.29, 0.717) is 28.6 Å². The molecule has 0 aromatic heterocycles. The van der Waals surface area contributed by atoms with Gasteiger partial charge in [0, 0.05) is 11.6 Å². The van der Waals surface area contributed by atoms with Crippen LogP contribution in [0, 0.1) is 20.2 Å². The van der Waals surface area contributed by atoms with E-state index in [1.165, 1.54) is 20.3 Å². The van der Waals surface area contributed by atoms with E-state index in [0.717, 1.165) is 12.1 Å². The quantitative estimate of drug-likeness (QED) is 0.356. The highest BCUT2D eigenvalue weighted by atomic mass is 16.6. The van der Waals surface area contributed by atoms with Gasteiger partial charge in [-0.15, -0.1) is 0 Å². The van der Waals surface area contributed by atoms with Crippen molar-refractivity contribution in [1.29, 1.82) is 0 Å². The third-order valence-electron chi connectivity index (χ3n) is 4.36. The molecule has 0 bridgehead atoms. The summed E-state index contributed by atoms with van der Waals surface area (Å²) in [6, 6.07) is 9.86. The number of rotatable bonds is 6. The molecule has 0 saturated carbocycles. The van der Waals surface area contributed by atoms with Gasteiger partial charge in [-0.3, -0.25) is 25.0 Å². The van der Waals surface area contributed by atoms with Gasteiger partial charge in [-0.1, -0.05) is 12.1 Å². The minimum Gasteiger partial charge on any atom is -0.493 e. The van der Waals surface area contributed by atoms with E-state index >= 15 is 0 Å². The molecule has 0 N–H and O–H groups in total. The first-order chi connectivity index (χ1) is 13.4. The molecule has 0 aliphatic carbocycles. The van der Waals surface area contributed by atoms with E-state index in [4.69, 9.17) is 9.47 Å². The van der Waals surface area contributed by atoms with E-state index < -0.39 is 21.2 Å². The zero-order chi connectivity index (χ0) is 20.4. The van der Waals surface area contributed by atoms with Crippen molar-refractivity contribution >= 4 is 28.4 Å². The van der Waals surface area contributed by atoms with Gasteiger partial charge in [0.1, 0.15) is 0 Å². The lowest BCUT2D eigenvalue weighted by Gasteiger charge is -2.13. The van der Waals surface area contributed by atoms with Crippen LogP contribution in [0.15, 0.2) is 42.5 Å². The number of nitro groups is 2. The number of carbonyl (C=O) groups excluding carboxylic acids is 1. The Morgan fingerprint density at radius 3 is 2.07 bits per heavy atom. The van der Waals surface area contributed by atoms with Crippen LogP contribution in [-0.2, 0) is 0 Å². The number of nitrogens with zero attached hydrogens (tertiary/aromatic N) is 2. The Balaban J connectivity index is 2.34. The van der Waals surface area contributed by atoms with Crippen molar-refractivity contribution < 1.29 is 24.1 Å². The van der Waals surface area contributed by atoms with Gasteiger partial charge in [0.25, 0.3) is 11.4 Å². The van der Waals surface area contributed by atoms with Crippen LogP contribution in [0.5, 0.6) is 11.5 Å². The van der Waals surface area contributed by atoms with Crippen molar-refractivity contribution in [3.63, 3.8) is 0 Å². The summed E-state index contributed by atoms with van der Waals surface area (Å²) in [7, 11) is 2.94. The van der Waals surface area contributed by atoms with Gasteiger partial charge in [0.05, 0.1) is 35.7 Å². The lowest BCUT2D eigenvalue weighted by molar-refractivity contribution is -0.393. The molecule has 0 spiro atoms. The topological polar surface area (TPSA) is 122 Å². The van der Waals surface area contributed by atoms with E-state index in [1.807, 2.05) is 0 Å². The van der Waals surface area contributed by atoms with E-state index in [9.17, 15) is 25.0 Å². The summed E-state index contributed by atoms with van der Waals surface area (Å²) in [4.78, 5) is 32.9. The molecule has 0 fully saturated rings. The zero-order valence-electron chi connectivity index (χ0n) is 14.9. The second kappa shape index (κ2) is 7.31. The smallest absolute Gasteiger partial charge is 0.284 e. The number of ether oxygens (including phenoxy) is 2. The van der Waals surface area contributed by atoms with Gasteiger partial charge in [0.2, 0.25) is 0 Å². The minimum absolute atomic E-state index is 0.106. The SMILES string of the molecule is COc1cc2ccc(-c3ccc([N+](=O)[O-])cc3[N+](=O)[O-])c(C=O)c2cc1OC. The summed E-state index contributed by atoms with van der Waals surface area (Å²) in [5.74, 6) is 0.870. The van der Waals surface area contributed by atoms with Crippen molar-refractivity contribution in [2.45, 2.75) is 0 Å². The van der Waals surface area contributed by atoms with Crippen LogP contribution in [0.4, 0.5) is 11.4 Å². The van der Waals surface area contributed by atoms with E-state index in [-0.39, 0.29) is 16.7 Å². The second-order valence-electron chi connectivity index (χ2n) is 5.79. The van der Waals surface area contributed by atoms with Gasteiger partial charge in [0.15, 0.2) is 17.8 Å². The van der Waals surface area contributed by atoms with Gasteiger partial charge in [-0.05, 0) is 34.5 Å². The first-order valence-electron chi connectivity index (χ1n) is 7.98. The summed E-state index contributed by atoms with van der Waals surface area (Å²) < 4.78 is 10.5. The predicted molar refractivity (Wildman–Crippen MR) is 101 cm³/mol. The molecule has 3 rings (SSSR count). The average Bonchev–Trinajstić information content (AvgIpc) is 2.71. The predicted octanol–water partition coefficient (Wildman–Crippen LogP) is 4.15. The van der Waals surface area contributed by atoms with Gasteiger partial charge in [-0.2, -0.15) is 0 Å². The summed E-state index contributed by atoms with van der Waals surface area (Å²) >= 11 is 0. The van der Waals surface area contributed by atoms with Crippen molar-refractivity contribution in [1.82, 2.24) is 0 Å². The molecule has 0 atom stereocenters. The standard InChI is InChI=1S/C19H14N2O7/c1-27-18-7-11-3-5-13(16(10-22)15(11)9-19(18)28-2)14-6-4-12(20(23)24)8-17(14)21(25)26/h3-10H,1-2H3. The molecule has 9 nitrogen and oxygen atoms in total. The lowest BCUT2D eigenvalue weighted by Crippen LogP contribution is -1.98. The first-order valence-corrected chi connectivity index (χ1v) is 7.98. The van der Waals surface area contributed by atoms with Crippen LogP contribution in [0.1, 0.15) is 10.4 Å². The molecular formula is C19H14N2O7. The largest absolute Gasteiger partial charge is 0.493 e. The Kier molecular flexibility index (Phi) is 4.90. The number of fused-ring (bicyclic) bond motifs is 1. The maximum Gasteiger partial charge on any atom is 0.284 e. The molecule has 28 heavy (non-hydrogen) atoms. The Morgan fingerprint density at radius 1 is 0.857 bits per heavy atom. The van der Waals surface area contributed by atoms with Crippen molar-refractivity contribution in [3.05, 3.63) is 68.3 Å². The molecule has 9 heteroatoms.